The van der Waals surface area contributed by atoms with E-state index < -0.39 is 0 Å². The predicted octanol–water partition coefficient (Wildman–Crippen LogP) is 7.17. The average molecular weight is 505 g/mol. The number of hydrogen-bond donors (Lipinski definition) is 0. The molecule has 4 aromatic rings. The van der Waals surface area contributed by atoms with Gasteiger partial charge in [0.2, 0.25) is 0 Å². The summed E-state index contributed by atoms with van der Waals surface area (Å²) in [7, 11) is 1.79. The lowest BCUT2D eigenvalue weighted by Gasteiger charge is -2.29. The van der Waals surface area contributed by atoms with E-state index in [1.165, 1.54) is 59.4 Å². The van der Waals surface area contributed by atoms with Gasteiger partial charge in [-0.05, 0) is 78.9 Å². The van der Waals surface area contributed by atoms with Gasteiger partial charge >= 0.3 is 0 Å². The first-order valence-corrected chi connectivity index (χ1v) is 13.8. The summed E-state index contributed by atoms with van der Waals surface area (Å²) in [6.07, 6.45) is 3.61. The number of likely N-dealkylation sites (tertiary alicyclic amines) is 1. The number of nitrogens with zero attached hydrogens (tertiary/aromatic N) is 2. The fraction of sp³-hybridized carbons (Fsp3) is 0.294. The maximum Gasteiger partial charge on any atom is 0.123 e. The lowest BCUT2D eigenvalue weighted by molar-refractivity contribution is 0.306. The molecule has 4 aromatic carbocycles. The number of hydrogen-bond acceptors (Lipinski definition) is 4. The Morgan fingerprint density at radius 2 is 1.53 bits per heavy atom. The lowest BCUT2D eigenvalue weighted by Crippen LogP contribution is -2.24. The van der Waals surface area contributed by atoms with Crippen LogP contribution in [0.2, 0.25) is 0 Å². The van der Waals surface area contributed by atoms with Crippen molar-refractivity contribution >= 4 is 5.69 Å². The normalized spacial score (nSPS) is 17.0. The molecule has 0 spiro atoms. The topological polar surface area (TPSA) is 24.9 Å². The minimum absolute atomic E-state index is 0.283. The second kappa shape index (κ2) is 11.3. The summed E-state index contributed by atoms with van der Waals surface area (Å²) in [5.74, 6) is 1.90. The highest BCUT2D eigenvalue weighted by atomic mass is 16.5. The second-order valence-electron chi connectivity index (χ2n) is 10.4. The maximum absolute atomic E-state index is 6.05. The maximum atomic E-state index is 6.05. The lowest BCUT2D eigenvalue weighted by atomic mass is 10.0. The SMILES string of the molecule is COc1cc(CN2c3ccccc3CC2c2ccc(OCc3ccccc3)cc2)ccc1CN1CCCC1. The first-order chi connectivity index (χ1) is 18.8. The van der Waals surface area contributed by atoms with Gasteiger partial charge < -0.3 is 14.4 Å². The van der Waals surface area contributed by atoms with Crippen LogP contribution in [0.5, 0.6) is 11.5 Å². The van der Waals surface area contributed by atoms with E-state index in [1.807, 2.05) is 18.2 Å². The number of anilines is 1. The van der Waals surface area contributed by atoms with Crippen LogP contribution in [0.4, 0.5) is 5.69 Å². The molecule has 194 valence electrons. The molecule has 2 aliphatic heterocycles. The van der Waals surface area contributed by atoms with Gasteiger partial charge in [-0.2, -0.15) is 0 Å². The molecule has 38 heavy (non-hydrogen) atoms. The van der Waals surface area contributed by atoms with E-state index in [-0.39, 0.29) is 6.04 Å². The molecule has 1 unspecified atom stereocenters. The Morgan fingerprint density at radius 1 is 0.763 bits per heavy atom. The highest BCUT2D eigenvalue weighted by Gasteiger charge is 2.30. The number of ether oxygens (including phenoxy) is 2. The number of methoxy groups -OCH3 is 1. The molecule has 0 aromatic heterocycles. The second-order valence-corrected chi connectivity index (χ2v) is 10.4. The van der Waals surface area contributed by atoms with E-state index in [1.54, 1.807) is 7.11 Å². The van der Waals surface area contributed by atoms with Crippen molar-refractivity contribution in [1.29, 1.82) is 0 Å². The molecule has 0 amide bonds. The van der Waals surface area contributed by atoms with Gasteiger partial charge in [-0.1, -0.05) is 72.8 Å². The van der Waals surface area contributed by atoms with Crippen LogP contribution < -0.4 is 14.4 Å². The average Bonchev–Trinajstić information content (AvgIpc) is 3.62. The van der Waals surface area contributed by atoms with Crippen LogP contribution >= 0.6 is 0 Å². The monoisotopic (exact) mass is 504 g/mol. The summed E-state index contributed by atoms with van der Waals surface area (Å²) in [6, 6.07) is 34.9. The zero-order valence-corrected chi connectivity index (χ0v) is 22.2. The van der Waals surface area contributed by atoms with Gasteiger partial charge in [-0.25, -0.2) is 0 Å². The molecule has 4 nitrogen and oxygen atoms in total. The highest BCUT2D eigenvalue weighted by molar-refractivity contribution is 5.61. The Labute approximate surface area is 226 Å². The first-order valence-electron chi connectivity index (χ1n) is 13.8. The molecule has 2 aliphatic rings. The van der Waals surface area contributed by atoms with Crippen molar-refractivity contribution in [1.82, 2.24) is 4.90 Å². The van der Waals surface area contributed by atoms with E-state index >= 15 is 0 Å². The minimum Gasteiger partial charge on any atom is -0.496 e. The molecular weight excluding hydrogens is 468 g/mol. The van der Waals surface area contributed by atoms with Gasteiger partial charge in [0.25, 0.3) is 0 Å². The predicted molar refractivity (Wildman–Crippen MR) is 154 cm³/mol. The summed E-state index contributed by atoms with van der Waals surface area (Å²) in [6.45, 7) is 4.77. The van der Waals surface area contributed by atoms with Gasteiger partial charge in [-0.15, -0.1) is 0 Å². The number of rotatable bonds is 9. The van der Waals surface area contributed by atoms with Crippen molar-refractivity contribution in [2.45, 2.75) is 45.0 Å². The quantitative estimate of drug-likeness (QED) is 0.241. The molecule has 0 radical (unpaired) electrons. The van der Waals surface area contributed by atoms with Crippen LogP contribution in [-0.2, 0) is 26.1 Å². The Morgan fingerprint density at radius 3 is 2.32 bits per heavy atom. The van der Waals surface area contributed by atoms with Crippen molar-refractivity contribution in [2.75, 3.05) is 25.1 Å². The van der Waals surface area contributed by atoms with Crippen LogP contribution in [0.1, 0.15) is 46.7 Å². The van der Waals surface area contributed by atoms with Crippen molar-refractivity contribution in [3.8, 4) is 11.5 Å². The Balaban J connectivity index is 1.20. The van der Waals surface area contributed by atoms with E-state index in [0.717, 1.165) is 31.0 Å². The van der Waals surface area contributed by atoms with Crippen molar-refractivity contribution in [3.05, 3.63) is 125 Å². The fourth-order valence-corrected chi connectivity index (χ4v) is 5.87. The molecule has 0 aliphatic carbocycles. The van der Waals surface area contributed by atoms with Crippen LogP contribution in [0, 0.1) is 0 Å². The molecule has 0 N–H and O–H groups in total. The van der Waals surface area contributed by atoms with Gasteiger partial charge in [0, 0.05) is 24.3 Å². The molecule has 1 atom stereocenters. The third kappa shape index (κ3) is 5.41. The number of benzene rings is 4. The summed E-state index contributed by atoms with van der Waals surface area (Å²) in [4.78, 5) is 5.07. The molecule has 0 saturated carbocycles. The van der Waals surface area contributed by atoms with Gasteiger partial charge in [0.05, 0.1) is 13.2 Å². The summed E-state index contributed by atoms with van der Waals surface area (Å²) < 4.78 is 11.9. The van der Waals surface area contributed by atoms with E-state index in [2.05, 4.69) is 88.7 Å². The van der Waals surface area contributed by atoms with Crippen LogP contribution in [0.25, 0.3) is 0 Å². The largest absolute Gasteiger partial charge is 0.496 e. The van der Waals surface area contributed by atoms with Crippen LogP contribution in [-0.4, -0.2) is 25.1 Å². The molecule has 2 heterocycles. The van der Waals surface area contributed by atoms with Crippen LogP contribution in [0.15, 0.2) is 97.1 Å². The van der Waals surface area contributed by atoms with E-state index in [4.69, 9.17) is 9.47 Å². The standard InChI is InChI=1S/C34H36N2O2/c1-37-34-21-27(13-14-30(34)24-35-19-7-8-20-35)23-36-32-12-6-5-11-29(32)22-33(36)28-15-17-31(18-16-28)38-25-26-9-3-2-4-10-26/h2-6,9-18,21,33H,7-8,19-20,22-25H2,1H3. The highest BCUT2D eigenvalue weighted by Crippen LogP contribution is 2.42. The molecule has 6 rings (SSSR count). The summed E-state index contributed by atoms with van der Waals surface area (Å²) >= 11 is 0. The molecule has 0 bridgehead atoms. The number of para-hydroxylation sites is 1. The smallest absolute Gasteiger partial charge is 0.123 e. The molecule has 1 saturated heterocycles. The van der Waals surface area contributed by atoms with Crippen molar-refractivity contribution in [3.63, 3.8) is 0 Å². The zero-order valence-electron chi connectivity index (χ0n) is 22.2. The minimum atomic E-state index is 0.283. The third-order valence-electron chi connectivity index (χ3n) is 7.90. The van der Waals surface area contributed by atoms with Crippen molar-refractivity contribution < 1.29 is 9.47 Å². The summed E-state index contributed by atoms with van der Waals surface area (Å²) in [5.41, 5.74) is 7.77. The Bertz CT molecular complexity index is 1350. The Kier molecular flexibility index (Phi) is 7.32. The van der Waals surface area contributed by atoms with Gasteiger partial charge in [0.1, 0.15) is 18.1 Å². The Hall–Kier alpha value is -3.76. The van der Waals surface area contributed by atoms with Crippen LogP contribution in [0.3, 0.4) is 0 Å². The first kappa shape index (κ1) is 24.6. The third-order valence-corrected chi connectivity index (χ3v) is 7.90. The zero-order chi connectivity index (χ0) is 25.7. The molecular formula is C34H36N2O2. The number of fused-ring (bicyclic) bond motifs is 1. The molecule has 4 heteroatoms. The van der Waals surface area contributed by atoms with E-state index in [0.29, 0.717) is 6.61 Å². The van der Waals surface area contributed by atoms with E-state index in [9.17, 15) is 0 Å². The molecule has 1 fully saturated rings. The fourth-order valence-electron chi connectivity index (χ4n) is 5.87. The van der Waals surface area contributed by atoms with Crippen molar-refractivity contribution in [2.24, 2.45) is 0 Å². The van der Waals surface area contributed by atoms with Gasteiger partial charge in [-0.3, -0.25) is 4.90 Å². The summed E-state index contributed by atoms with van der Waals surface area (Å²) in [5, 5.41) is 0. The van der Waals surface area contributed by atoms with Gasteiger partial charge in [0.15, 0.2) is 0 Å².